The average molecular weight is 261 g/mol. The molecule has 0 saturated heterocycles. The summed E-state index contributed by atoms with van der Waals surface area (Å²) in [5, 5.41) is 0. The van der Waals surface area contributed by atoms with Crippen molar-refractivity contribution in [3.63, 3.8) is 0 Å². The van der Waals surface area contributed by atoms with Gasteiger partial charge in [-0.15, -0.1) is 24.0 Å². The lowest BCUT2D eigenvalue weighted by Crippen LogP contribution is -1.87. The van der Waals surface area contributed by atoms with Gasteiger partial charge in [-0.3, -0.25) is 4.40 Å². The van der Waals surface area contributed by atoms with Crippen LogP contribution < -0.4 is 0 Å². The van der Waals surface area contributed by atoms with Gasteiger partial charge in [-0.2, -0.15) is 0 Å². The van der Waals surface area contributed by atoms with Crippen molar-refractivity contribution in [1.82, 2.24) is 14.4 Å². The van der Waals surface area contributed by atoms with E-state index in [-0.39, 0.29) is 24.0 Å². The number of halogens is 1. The SMILES string of the molecule is Cc1cc2nccn2cn1.I. The van der Waals surface area contributed by atoms with Crippen molar-refractivity contribution in [1.29, 1.82) is 0 Å². The van der Waals surface area contributed by atoms with Gasteiger partial charge in [0.1, 0.15) is 12.0 Å². The minimum absolute atomic E-state index is 0. The molecule has 0 aliphatic rings. The highest BCUT2D eigenvalue weighted by Gasteiger charge is 1.91. The molecule has 3 nitrogen and oxygen atoms in total. The standard InChI is InChI=1S/C7H7N3.HI/c1-6-4-7-8-2-3-10(7)5-9-6;/h2-5H,1H3;1H. The number of aromatic nitrogens is 3. The first-order chi connectivity index (χ1) is 4.86. The highest BCUT2D eigenvalue weighted by molar-refractivity contribution is 14.0. The molecule has 0 atom stereocenters. The number of rotatable bonds is 0. The molecule has 0 saturated carbocycles. The van der Waals surface area contributed by atoms with Crippen LogP contribution in [0.15, 0.2) is 24.8 Å². The second-order valence-electron chi connectivity index (χ2n) is 2.22. The van der Waals surface area contributed by atoms with Crippen LogP contribution in [0.4, 0.5) is 0 Å². The van der Waals surface area contributed by atoms with Gasteiger partial charge >= 0.3 is 0 Å². The van der Waals surface area contributed by atoms with E-state index in [1.54, 1.807) is 12.5 Å². The summed E-state index contributed by atoms with van der Waals surface area (Å²) in [7, 11) is 0. The van der Waals surface area contributed by atoms with Gasteiger partial charge in [0.25, 0.3) is 0 Å². The molecule has 58 valence electrons. The van der Waals surface area contributed by atoms with E-state index in [1.807, 2.05) is 23.6 Å². The highest BCUT2D eigenvalue weighted by Crippen LogP contribution is 1.99. The number of fused-ring (bicyclic) bond motifs is 1. The Hall–Kier alpha value is -0.650. The summed E-state index contributed by atoms with van der Waals surface area (Å²) >= 11 is 0. The lowest BCUT2D eigenvalue weighted by Gasteiger charge is -1.91. The number of aryl methyl sites for hydroxylation is 1. The Morgan fingerprint density at radius 3 is 3.00 bits per heavy atom. The molecule has 0 amide bonds. The Kier molecular flexibility index (Phi) is 2.43. The van der Waals surface area contributed by atoms with Crippen LogP contribution in [0.5, 0.6) is 0 Å². The van der Waals surface area contributed by atoms with E-state index < -0.39 is 0 Å². The van der Waals surface area contributed by atoms with Crippen LogP contribution >= 0.6 is 24.0 Å². The van der Waals surface area contributed by atoms with E-state index in [1.165, 1.54) is 0 Å². The van der Waals surface area contributed by atoms with E-state index in [0.29, 0.717) is 0 Å². The van der Waals surface area contributed by atoms with E-state index >= 15 is 0 Å². The second-order valence-corrected chi connectivity index (χ2v) is 2.22. The van der Waals surface area contributed by atoms with Crippen molar-refractivity contribution in [2.24, 2.45) is 0 Å². The zero-order valence-corrected chi connectivity index (χ0v) is 8.39. The van der Waals surface area contributed by atoms with Crippen molar-refractivity contribution in [2.45, 2.75) is 6.92 Å². The molecule has 0 radical (unpaired) electrons. The molecular weight excluding hydrogens is 253 g/mol. The molecule has 2 aromatic rings. The lowest BCUT2D eigenvalue weighted by atomic mass is 10.4. The van der Waals surface area contributed by atoms with Gasteiger partial charge in [-0.05, 0) is 6.92 Å². The maximum Gasteiger partial charge on any atom is 0.139 e. The second kappa shape index (κ2) is 3.17. The Balaban J connectivity index is 0.000000605. The highest BCUT2D eigenvalue weighted by atomic mass is 127. The third kappa shape index (κ3) is 1.50. The molecule has 2 rings (SSSR count). The van der Waals surface area contributed by atoms with Crippen molar-refractivity contribution in [3.8, 4) is 0 Å². The Morgan fingerprint density at radius 1 is 1.36 bits per heavy atom. The summed E-state index contributed by atoms with van der Waals surface area (Å²) in [6.07, 6.45) is 5.40. The van der Waals surface area contributed by atoms with Gasteiger partial charge < -0.3 is 0 Å². The number of hydrogen-bond donors (Lipinski definition) is 0. The molecule has 4 heteroatoms. The van der Waals surface area contributed by atoms with Crippen LogP contribution in [0.3, 0.4) is 0 Å². The van der Waals surface area contributed by atoms with Crippen LogP contribution in [-0.4, -0.2) is 14.4 Å². The van der Waals surface area contributed by atoms with Crippen LogP contribution in [0.25, 0.3) is 5.65 Å². The van der Waals surface area contributed by atoms with Crippen LogP contribution in [0, 0.1) is 6.92 Å². The summed E-state index contributed by atoms with van der Waals surface area (Å²) in [5.41, 5.74) is 1.95. The lowest BCUT2D eigenvalue weighted by molar-refractivity contribution is 1.05. The average Bonchev–Trinajstić information content (AvgIpc) is 2.33. The van der Waals surface area contributed by atoms with Crippen molar-refractivity contribution in [2.75, 3.05) is 0 Å². The van der Waals surface area contributed by atoms with Crippen molar-refractivity contribution < 1.29 is 0 Å². The fraction of sp³-hybridized carbons (Fsp3) is 0.143. The van der Waals surface area contributed by atoms with E-state index in [9.17, 15) is 0 Å². The van der Waals surface area contributed by atoms with Crippen molar-refractivity contribution in [3.05, 3.63) is 30.5 Å². The molecule has 2 aromatic heterocycles. The molecule has 2 heterocycles. The Labute approximate surface area is 81.5 Å². The summed E-state index contributed by atoms with van der Waals surface area (Å²) in [6, 6.07) is 1.94. The predicted octanol–water partition coefficient (Wildman–Crippen LogP) is 1.66. The number of nitrogens with zero attached hydrogens (tertiary/aromatic N) is 3. The van der Waals surface area contributed by atoms with Crippen molar-refractivity contribution >= 4 is 29.6 Å². The van der Waals surface area contributed by atoms with Crippen LogP contribution in [-0.2, 0) is 0 Å². The molecule has 0 N–H and O–H groups in total. The molecular formula is C7H8IN3. The molecule has 0 fully saturated rings. The van der Waals surface area contributed by atoms with E-state index in [0.717, 1.165) is 11.3 Å². The first kappa shape index (κ1) is 8.45. The zero-order chi connectivity index (χ0) is 6.97. The summed E-state index contributed by atoms with van der Waals surface area (Å²) in [6.45, 7) is 1.95. The maximum absolute atomic E-state index is 4.10. The molecule has 0 aromatic carbocycles. The number of imidazole rings is 1. The first-order valence-corrected chi connectivity index (χ1v) is 3.11. The third-order valence-corrected chi connectivity index (χ3v) is 1.42. The molecule has 0 spiro atoms. The minimum Gasteiger partial charge on any atom is -0.290 e. The predicted molar refractivity (Wildman–Crippen MR) is 53.1 cm³/mol. The van der Waals surface area contributed by atoms with Crippen LogP contribution in [0.2, 0.25) is 0 Å². The summed E-state index contributed by atoms with van der Waals surface area (Å²) in [4.78, 5) is 8.20. The third-order valence-electron chi connectivity index (χ3n) is 1.42. The van der Waals surface area contributed by atoms with Gasteiger partial charge in [0, 0.05) is 24.2 Å². The van der Waals surface area contributed by atoms with Gasteiger partial charge in [-0.25, -0.2) is 9.97 Å². The van der Waals surface area contributed by atoms with Gasteiger partial charge in [0.2, 0.25) is 0 Å². The maximum atomic E-state index is 4.10. The quantitative estimate of drug-likeness (QED) is 0.675. The fourth-order valence-corrected chi connectivity index (χ4v) is 0.911. The topological polar surface area (TPSA) is 30.2 Å². The minimum atomic E-state index is 0. The molecule has 0 bridgehead atoms. The molecule has 0 unspecified atom stereocenters. The molecule has 0 aliphatic heterocycles. The summed E-state index contributed by atoms with van der Waals surface area (Å²) in [5.74, 6) is 0. The molecule has 0 aliphatic carbocycles. The monoisotopic (exact) mass is 261 g/mol. The fourth-order valence-electron chi connectivity index (χ4n) is 0.911. The zero-order valence-electron chi connectivity index (χ0n) is 6.06. The Bertz CT molecular complexity index is 355. The van der Waals surface area contributed by atoms with E-state index in [2.05, 4.69) is 9.97 Å². The molecule has 11 heavy (non-hydrogen) atoms. The first-order valence-electron chi connectivity index (χ1n) is 3.11. The van der Waals surface area contributed by atoms with Gasteiger partial charge in [0.05, 0.1) is 0 Å². The van der Waals surface area contributed by atoms with Gasteiger partial charge in [0.15, 0.2) is 0 Å². The smallest absolute Gasteiger partial charge is 0.139 e. The summed E-state index contributed by atoms with van der Waals surface area (Å²) < 4.78 is 1.88. The van der Waals surface area contributed by atoms with E-state index in [4.69, 9.17) is 0 Å². The van der Waals surface area contributed by atoms with Gasteiger partial charge in [-0.1, -0.05) is 0 Å². The normalized spacial score (nSPS) is 9.55. The van der Waals surface area contributed by atoms with Crippen LogP contribution in [0.1, 0.15) is 5.69 Å². The number of hydrogen-bond acceptors (Lipinski definition) is 2. The Morgan fingerprint density at radius 2 is 2.18 bits per heavy atom. The largest absolute Gasteiger partial charge is 0.290 e.